The number of amides is 1. The van der Waals surface area contributed by atoms with Gasteiger partial charge in [0.2, 0.25) is 5.91 Å². The minimum absolute atomic E-state index is 0.112. The largest absolute Gasteiger partial charge is 0.495 e. The molecule has 122 valence electrons. The van der Waals surface area contributed by atoms with Crippen LogP contribution in [0.3, 0.4) is 0 Å². The smallest absolute Gasteiger partial charge is 0.226 e. The van der Waals surface area contributed by atoms with Crippen LogP contribution in [-0.4, -0.2) is 19.6 Å². The Labute approximate surface area is 145 Å². The quantitative estimate of drug-likeness (QED) is 0.788. The van der Waals surface area contributed by atoms with Crippen LogP contribution in [0.25, 0.3) is 0 Å². The maximum atomic E-state index is 12.1. The van der Waals surface area contributed by atoms with Gasteiger partial charge in [0, 0.05) is 34.8 Å². The summed E-state index contributed by atoms with van der Waals surface area (Å²) in [4.78, 5) is 12.1. The highest BCUT2D eigenvalue weighted by atomic mass is 35.5. The van der Waals surface area contributed by atoms with Crippen LogP contribution in [0.5, 0.6) is 5.75 Å². The Morgan fingerprint density at radius 3 is 2.70 bits per heavy atom. The summed E-state index contributed by atoms with van der Waals surface area (Å²) in [5.41, 5.74) is 2.37. The lowest BCUT2D eigenvalue weighted by Gasteiger charge is -2.12. The van der Waals surface area contributed by atoms with Crippen LogP contribution < -0.4 is 15.4 Å². The number of carbonyl (C=O) groups is 1. The zero-order valence-electron chi connectivity index (χ0n) is 13.0. The number of nitrogens with one attached hydrogen (secondary N) is 2. The average molecular weight is 353 g/mol. The normalized spacial score (nSPS) is 10.3. The van der Waals surface area contributed by atoms with Crippen LogP contribution >= 0.6 is 23.2 Å². The van der Waals surface area contributed by atoms with E-state index in [0.29, 0.717) is 34.4 Å². The topological polar surface area (TPSA) is 50.4 Å². The van der Waals surface area contributed by atoms with Gasteiger partial charge in [-0.15, -0.1) is 0 Å². The number of methoxy groups -OCH3 is 1. The first-order valence-electron chi connectivity index (χ1n) is 7.13. The van der Waals surface area contributed by atoms with Crippen molar-refractivity contribution in [3.05, 3.63) is 52.0 Å². The Morgan fingerprint density at radius 1 is 1.22 bits per heavy atom. The maximum Gasteiger partial charge on any atom is 0.226 e. The molecule has 0 aliphatic rings. The average Bonchev–Trinajstić information content (AvgIpc) is 2.50. The van der Waals surface area contributed by atoms with E-state index in [2.05, 4.69) is 10.6 Å². The van der Waals surface area contributed by atoms with Crippen molar-refractivity contribution in [2.45, 2.75) is 13.3 Å². The molecule has 0 atom stereocenters. The molecule has 0 saturated heterocycles. The van der Waals surface area contributed by atoms with Crippen molar-refractivity contribution < 1.29 is 9.53 Å². The second-order valence-electron chi connectivity index (χ2n) is 5.04. The number of aryl methyl sites for hydroxylation is 1. The Bertz CT molecular complexity index is 705. The standard InChI is InChI=1S/C17H18Cl2N2O2/c1-11-8-15(16(23-2)10-14(11)19)21-17(22)6-7-20-13-5-3-4-12(18)9-13/h3-5,8-10,20H,6-7H2,1-2H3,(H,21,22). The maximum absolute atomic E-state index is 12.1. The molecule has 0 spiro atoms. The molecular weight excluding hydrogens is 335 g/mol. The highest BCUT2D eigenvalue weighted by Crippen LogP contribution is 2.31. The van der Waals surface area contributed by atoms with Gasteiger partial charge in [0.25, 0.3) is 0 Å². The molecule has 2 aromatic carbocycles. The summed E-state index contributed by atoms with van der Waals surface area (Å²) >= 11 is 12.0. The minimum Gasteiger partial charge on any atom is -0.495 e. The van der Waals surface area contributed by atoms with Gasteiger partial charge in [-0.05, 0) is 36.8 Å². The monoisotopic (exact) mass is 352 g/mol. The summed E-state index contributed by atoms with van der Waals surface area (Å²) in [5.74, 6) is 0.427. The molecule has 2 aromatic rings. The molecule has 6 heteroatoms. The van der Waals surface area contributed by atoms with E-state index in [9.17, 15) is 4.79 Å². The molecular formula is C17H18Cl2N2O2. The van der Waals surface area contributed by atoms with Crippen molar-refractivity contribution in [1.29, 1.82) is 0 Å². The van der Waals surface area contributed by atoms with E-state index in [1.807, 2.05) is 25.1 Å². The molecule has 0 aliphatic heterocycles. The minimum atomic E-state index is -0.112. The van der Waals surface area contributed by atoms with Crippen molar-refractivity contribution in [1.82, 2.24) is 0 Å². The van der Waals surface area contributed by atoms with Crippen molar-refractivity contribution in [3.8, 4) is 5.75 Å². The van der Waals surface area contributed by atoms with E-state index in [1.54, 1.807) is 18.2 Å². The van der Waals surface area contributed by atoms with Gasteiger partial charge in [0.05, 0.1) is 12.8 Å². The van der Waals surface area contributed by atoms with Gasteiger partial charge in [-0.25, -0.2) is 0 Å². The molecule has 0 radical (unpaired) electrons. The van der Waals surface area contributed by atoms with Crippen LogP contribution in [0.15, 0.2) is 36.4 Å². The first-order chi connectivity index (χ1) is 11.0. The van der Waals surface area contributed by atoms with Crippen molar-refractivity contribution in [3.63, 3.8) is 0 Å². The summed E-state index contributed by atoms with van der Waals surface area (Å²) < 4.78 is 5.24. The van der Waals surface area contributed by atoms with E-state index in [1.165, 1.54) is 7.11 Å². The van der Waals surface area contributed by atoms with Crippen LogP contribution in [0.1, 0.15) is 12.0 Å². The summed E-state index contributed by atoms with van der Waals surface area (Å²) in [5, 5.41) is 7.25. The van der Waals surface area contributed by atoms with E-state index >= 15 is 0 Å². The summed E-state index contributed by atoms with van der Waals surface area (Å²) in [6, 6.07) is 10.8. The predicted octanol–water partition coefficient (Wildman–Crippen LogP) is 4.75. The Balaban J connectivity index is 1.91. The number of hydrogen-bond acceptors (Lipinski definition) is 3. The predicted molar refractivity (Wildman–Crippen MR) is 95.9 cm³/mol. The van der Waals surface area contributed by atoms with Gasteiger partial charge in [-0.3, -0.25) is 4.79 Å². The molecule has 0 bridgehead atoms. The van der Waals surface area contributed by atoms with Crippen molar-refractivity contribution in [2.24, 2.45) is 0 Å². The Morgan fingerprint density at radius 2 is 2.00 bits per heavy atom. The lowest BCUT2D eigenvalue weighted by Crippen LogP contribution is -2.16. The number of rotatable bonds is 6. The lowest BCUT2D eigenvalue weighted by molar-refractivity contribution is -0.115. The van der Waals surface area contributed by atoms with Crippen molar-refractivity contribution >= 4 is 40.5 Å². The van der Waals surface area contributed by atoms with Gasteiger partial charge in [-0.2, -0.15) is 0 Å². The third-order valence-corrected chi connectivity index (χ3v) is 3.90. The molecule has 0 unspecified atom stereocenters. The molecule has 1 amide bonds. The molecule has 2 N–H and O–H groups in total. The second kappa shape index (κ2) is 8.09. The van der Waals surface area contributed by atoms with Crippen LogP contribution in [0.4, 0.5) is 11.4 Å². The van der Waals surface area contributed by atoms with Crippen molar-refractivity contribution in [2.75, 3.05) is 24.3 Å². The lowest BCUT2D eigenvalue weighted by atomic mass is 10.2. The fourth-order valence-corrected chi connectivity index (χ4v) is 2.41. The van der Waals surface area contributed by atoms with Gasteiger partial charge >= 0.3 is 0 Å². The van der Waals surface area contributed by atoms with E-state index in [-0.39, 0.29) is 5.91 Å². The number of carbonyl (C=O) groups excluding carboxylic acids is 1. The molecule has 0 saturated carbocycles. The van der Waals surface area contributed by atoms with Crippen LogP contribution in [0.2, 0.25) is 10.0 Å². The summed E-state index contributed by atoms with van der Waals surface area (Å²) in [6.07, 6.45) is 0.317. The zero-order valence-corrected chi connectivity index (χ0v) is 14.5. The van der Waals surface area contributed by atoms with Crippen LogP contribution in [0, 0.1) is 6.92 Å². The number of anilines is 2. The number of hydrogen-bond donors (Lipinski definition) is 2. The number of halogens is 2. The second-order valence-corrected chi connectivity index (χ2v) is 5.88. The van der Waals surface area contributed by atoms with Gasteiger partial charge in [-0.1, -0.05) is 29.3 Å². The molecule has 0 fully saturated rings. The molecule has 2 rings (SSSR count). The zero-order chi connectivity index (χ0) is 16.8. The third-order valence-electron chi connectivity index (χ3n) is 3.26. The van der Waals surface area contributed by atoms with E-state index in [4.69, 9.17) is 27.9 Å². The Kier molecular flexibility index (Phi) is 6.13. The third kappa shape index (κ3) is 5.05. The van der Waals surface area contributed by atoms with E-state index < -0.39 is 0 Å². The molecule has 0 aromatic heterocycles. The van der Waals surface area contributed by atoms with Gasteiger partial charge in [0.1, 0.15) is 5.75 Å². The number of benzene rings is 2. The molecule has 4 nitrogen and oxygen atoms in total. The van der Waals surface area contributed by atoms with E-state index in [0.717, 1.165) is 11.3 Å². The molecule has 23 heavy (non-hydrogen) atoms. The Hall–Kier alpha value is -1.91. The first kappa shape index (κ1) is 17.4. The summed E-state index contributed by atoms with van der Waals surface area (Å²) in [6.45, 7) is 2.37. The summed E-state index contributed by atoms with van der Waals surface area (Å²) in [7, 11) is 1.54. The molecule has 0 aliphatic carbocycles. The van der Waals surface area contributed by atoms with Crippen LogP contribution in [-0.2, 0) is 4.79 Å². The van der Waals surface area contributed by atoms with Gasteiger partial charge in [0.15, 0.2) is 0 Å². The highest BCUT2D eigenvalue weighted by Gasteiger charge is 2.10. The SMILES string of the molecule is COc1cc(Cl)c(C)cc1NC(=O)CCNc1cccc(Cl)c1. The highest BCUT2D eigenvalue weighted by molar-refractivity contribution is 6.31. The fraction of sp³-hybridized carbons (Fsp3) is 0.235. The van der Waals surface area contributed by atoms with Gasteiger partial charge < -0.3 is 15.4 Å². The first-order valence-corrected chi connectivity index (χ1v) is 7.88. The number of ether oxygens (including phenoxy) is 1. The fourth-order valence-electron chi connectivity index (χ4n) is 2.06. The molecule has 0 heterocycles.